The maximum absolute atomic E-state index is 13.2. The summed E-state index contributed by atoms with van der Waals surface area (Å²) in [6.45, 7) is 5.15. The Kier molecular flexibility index (Phi) is 7.68. The molecule has 1 aromatic rings. The lowest BCUT2D eigenvalue weighted by Crippen LogP contribution is -2.35. The van der Waals surface area contributed by atoms with Crippen LogP contribution in [0, 0.1) is 11.7 Å². The van der Waals surface area contributed by atoms with Crippen molar-refractivity contribution >= 4 is 18.3 Å². The molecule has 0 saturated carbocycles. The number of benzene rings is 1. The minimum absolute atomic E-state index is 0. The molecule has 3 nitrogen and oxygen atoms in total. The molecule has 5 heteroatoms. The fourth-order valence-electron chi connectivity index (χ4n) is 2.69. The third-order valence-electron chi connectivity index (χ3n) is 3.92. The van der Waals surface area contributed by atoms with Gasteiger partial charge in [-0.3, -0.25) is 4.79 Å². The number of nitrogens with one attached hydrogen (secondary N) is 1. The van der Waals surface area contributed by atoms with Gasteiger partial charge < -0.3 is 10.2 Å². The van der Waals surface area contributed by atoms with Crippen molar-refractivity contribution in [3.63, 3.8) is 0 Å². The molecule has 1 saturated heterocycles. The number of rotatable bonds is 5. The van der Waals surface area contributed by atoms with Crippen LogP contribution in [-0.4, -0.2) is 30.4 Å². The fourth-order valence-corrected chi connectivity index (χ4v) is 2.69. The highest BCUT2D eigenvalue weighted by molar-refractivity contribution is 5.85. The second-order valence-corrected chi connectivity index (χ2v) is 5.44. The second kappa shape index (κ2) is 9.00. The zero-order valence-electron chi connectivity index (χ0n) is 12.5. The molecule has 21 heavy (non-hydrogen) atoms. The van der Waals surface area contributed by atoms with Gasteiger partial charge in [0.2, 0.25) is 5.91 Å². The average molecular weight is 315 g/mol. The minimum atomic E-state index is -0.246. The van der Waals surface area contributed by atoms with Crippen molar-refractivity contribution in [2.45, 2.75) is 32.7 Å². The van der Waals surface area contributed by atoms with Gasteiger partial charge >= 0.3 is 0 Å². The number of nitrogens with zero attached hydrogens (tertiary/aromatic N) is 1. The van der Waals surface area contributed by atoms with Crippen molar-refractivity contribution in [3.05, 3.63) is 35.6 Å². The summed E-state index contributed by atoms with van der Waals surface area (Å²) >= 11 is 0. The number of halogens is 2. The van der Waals surface area contributed by atoms with E-state index in [1.807, 2.05) is 17.9 Å². The Morgan fingerprint density at radius 1 is 1.38 bits per heavy atom. The molecule has 0 unspecified atom stereocenters. The van der Waals surface area contributed by atoms with E-state index in [9.17, 15) is 9.18 Å². The van der Waals surface area contributed by atoms with Crippen LogP contribution in [-0.2, 0) is 11.3 Å². The standard InChI is InChI=1S/C16H23FN2O.ClH/c1-2-19(12-14-4-3-5-15(17)10-14)16(20)11-13-6-8-18-9-7-13;/h3-5,10,13,18H,2,6-9,11-12H2,1H3;1H. The first kappa shape index (κ1) is 17.9. The second-order valence-electron chi connectivity index (χ2n) is 5.44. The van der Waals surface area contributed by atoms with Crippen LogP contribution >= 0.6 is 12.4 Å². The Morgan fingerprint density at radius 3 is 2.71 bits per heavy atom. The molecule has 1 aromatic carbocycles. The average Bonchev–Trinajstić information content (AvgIpc) is 2.46. The Bertz CT molecular complexity index is 450. The maximum atomic E-state index is 13.2. The predicted molar refractivity (Wildman–Crippen MR) is 84.9 cm³/mol. The van der Waals surface area contributed by atoms with E-state index in [1.54, 1.807) is 6.07 Å². The van der Waals surface area contributed by atoms with Gasteiger partial charge in [0.25, 0.3) is 0 Å². The number of amides is 1. The molecule has 0 aliphatic carbocycles. The van der Waals surface area contributed by atoms with Gasteiger partial charge in [-0.05, 0) is 56.5 Å². The molecule has 0 radical (unpaired) electrons. The van der Waals surface area contributed by atoms with Crippen molar-refractivity contribution < 1.29 is 9.18 Å². The Labute approximate surface area is 132 Å². The third kappa shape index (κ3) is 5.64. The first-order valence-electron chi connectivity index (χ1n) is 7.42. The lowest BCUT2D eigenvalue weighted by molar-refractivity contribution is -0.132. The maximum Gasteiger partial charge on any atom is 0.223 e. The van der Waals surface area contributed by atoms with E-state index in [1.165, 1.54) is 12.1 Å². The summed E-state index contributed by atoms with van der Waals surface area (Å²) < 4.78 is 13.2. The molecule has 118 valence electrons. The van der Waals surface area contributed by atoms with E-state index < -0.39 is 0 Å². The van der Waals surface area contributed by atoms with Gasteiger partial charge in [-0.2, -0.15) is 0 Å². The Hall–Kier alpha value is -1.13. The monoisotopic (exact) mass is 314 g/mol. The van der Waals surface area contributed by atoms with Gasteiger partial charge in [-0.1, -0.05) is 12.1 Å². The van der Waals surface area contributed by atoms with E-state index in [0.29, 0.717) is 25.4 Å². The molecule has 2 rings (SSSR count). The lowest BCUT2D eigenvalue weighted by atomic mass is 9.94. The highest BCUT2D eigenvalue weighted by Crippen LogP contribution is 2.18. The van der Waals surface area contributed by atoms with Gasteiger partial charge in [0.15, 0.2) is 0 Å². The van der Waals surface area contributed by atoms with Crippen molar-refractivity contribution in [2.24, 2.45) is 5.92 Å². The molecule has 1 amide bonds. The molecular formula is C16H24ClFN2O. The van der Waals surface area contributed by atoms with Crippen LogP contribution in [0.5, 0.6) is 0 Å². The van der Waals surface area contributed by atoms with E-state index in [4.69, 9.17) is 0 Å². The molecule has 1 aliphatic heterocycles. The van der Waals surface area contributed by atoms with Crippen molar-refractivity contribution in [1.82, 2.24) is 10.2 Å². The van der Waals surface area contributed by atoms with E-state index in [0.717, 1.165) is 31.5 Å². The molecule has 1 fully saturated rings. The summed E-state index contributed by atoms with van der Waals surface area (Å²) in [6, 6.07) is 6.48. The predicted octanol–water partition coefficient (Wildman–Crippen LogP) is 2.99. The highest BCUT2D eigenvalue weighted by atomic mass is 35.5. The molecule has 1 heterocycles. The Balaban J connectivity index is 0.00000220. The van der Waals surface area contributed by atoms with Crippen LogP contribution in [0.2, 0.25) is 0 Å². The summed E-state index contributed by atoms with van der Waals surface area (Å²) in [5.74, 6) is 0.429. The Morgan fingerprint density at radius 2 is 2.10 bits per heavy atom. The molecule has 0 aromatic heterocycles. The largest absolute Gasteiger partial charge is 0.339 e. The molecule has 0 atom stereocenters. The van der Waals surface area contributed by atoms with Crippen molar-refractivity contribution in [3.8, 4) is 0 Å². The van der Waals surface area contributed by atoms with Crippen LogP contribution in [0.1, 0.15) is 31.7 Å². The number of hydrogen-bond donors (Lipinski definition) is 1. The van der Waals surface area contributed by atoms with Crippen LogP contribution in [0.4, 0.5) is 4.39 Å². The van der Waals surface area contributed by atoms with Gasteiger partial charge in [0.05, 0.1) is 0 Å². The van der Waals surface area contributed by atoms with Gasteiger partial charge in [-0.15, -0.1) is 12.4 Å². The highest BCUT2D eigenvalue weighted by Gasteiger charge is 2.20. The summed E-state index contributed by atoms with van der Waals surface area (Å²) in [6.07, 6.45) is 2.76. The number of piperidine rings is 1. The number of hydrogen-bond acceptors (Lipinski definition) is 2. The summed E-state index contributed by atoms with van der Waals surface area (Å²) in [7, 11) is 0. The normalized spacial score (nSPS) is 15.3. The van der Waals surface area contributed by atoms with Crippen LogP contribution in [0.15, 0.2) is 24.3 Å². The van der Waals surface area contributed by atoms with E-state index in [2.05, 4.69) is 5.32 Å². The number of carbonyl (C=O) groups excluding carboxylic acids is 1. The van der Waals surface area contributed by atoms with Crippen molar-refractivity contribution in [1.29, 1.82) is 0 Å². The van der Waals surface area contributed by atoms with E-state index in [-0.39, 0.29) is 24.1 Å². The topological polar surface area (TPSA) is 32.3 Å². The SMILES string of the molecule is CCN(Cc1cccc(F)c1)C(=O)CC1CCNCC1.Cl. The molecule has 0 bridgehead atoms. The smallest absolute Gasteiger partial charge is 0.223 e. The third-order valence-corrected chi connectivity index (χ3v) is 3.92. The fraction of sp³-hybridized carbons (Fsp3) is 0.562. The van der Waals surface area contributed by atoms with Crippen molar-refractivity contribution in [2.75, 3.05) is 19.6 Å². The molecule has 0 spiro atoms. The zero-order valence-corrected chi connectivity index (χ0v) is 13.3. The lowest BCUT2D eigenvalue weighted by Gasteiger charge is -2.26. The first-order valence-corrected chi connectivity index (χ1v) is 7.42. The zero-order chi connectivity index (χ0) is 14.4. The quantitative estimate of drug-likeness (QED) is 0.906. The molecule has 1 aliphatic rings. The van der Waals surface area contributed by atoms with Gasteiger partial charge in [0.1, 0.15) is 5.82 Å². The van der Waals surface area contributed by atoms with Crippen LogP contribution < -0.4 is 5.32 Å². The first-order chi connectivity index (χ1) is 9.69. The van der Waals surface area contributed by atoms with E-state index >= 15 is 0 Å². The summed E-state index contributed by atoms with van der Waals surface area (Å²) in [4.78, 5) is 14.2. The molecule has 1 N–H and O–H groups in total. The minimum Gasteiger partial charge on any atom is -0.339 e. The molecular weight excluding hydrogens is 291 g/mol. The van der Waals surface area contributed by atoms with Gasteiger partial charge in [-0.25, -0.2) is 4.39 Å². The van der Waals surface area contributed by atoms with Gasteiger partial charge in [0, 0.05) is 19.5 Å². The van der Waals surface area contributed by atoms with Crippen LogP contribution in [0.25, 0.3) is 0 Å². The summed E-state index contributed by atoms with van der Waals surface area (Å²) in [5.41, 5.74) is 0.852. The number of carbonyl (C=O) groups is 1. The van der Waals surface area contributed by atoms with Crippen LogP contribution in [0.3, 0.4) is 0 Å². The summed E-state index contributed by atoms with van der Waals surface area (Å²) in [5, 5.41) is 3.31.